The van der Waals surface area contributed by atoms with Crippen LogP contribution >= 0.6 is 0 Å². The van der Waals surface area contributed by atoms with Gasteiger partial charge in [0.15, 0.2) is 0 Å². The van der Waals surface area contributed by atoms with Crippen LogP contribution in [-0.2, 0) is 6.42 Å². The number of likely N-dealkylation sites (tertiary alicyclic amines) is 1. The number of nitrogens with zero attached hydrogens (tertiary/aromatic N) is 2. The Bertz CT molecular complexity index is 877. The third kappa shape index (κ3) is 2.33. The van der Waals surface area contributed by atoms with E-state index in [1.807, 2.05) is 0 Å². The first-order chi connectivity index (χ1) is 11.5. The predicted octanol–water partition coefficient (Wildman–Crippen LogP) is 2.02. The van der Waals surface area contributed by atoms with Crippen LogP contribution < -0.4 is 5.56 Å². The lowest BCUT2D eigenvalue weighted by molar-refractivity contribution is 0.0781. The van der Waals surface area contributed by atoms with E-state index in [1.165, 1.54) is 12.1 Å². The van der Waals surface area contributed by atoms with Gasteiger partial charge in [0.2, 0.25) is 0 Å². The zero-order valence-electron chi connectivity index (χ0n) is 13.4. The Morgan fingerprint density at radius 3 is 2.92 bits per heavy atom. The van der Waals surface area contributed by atoms with Crippen molar-refractivity contribution in [1.82, 2.24) is 14.9 Å². The van der Waals surface area contributed by atoms with Gasteiger partial charge in [0.25, 0.3) is 11.5 Å². The Balaban J connectivity index is 1.65. The molecule has 2 aromatic rings. The molecule has 1 amide bonds. The van der Waals surface area contributed by atoms with E-state index >= 15 is 0 Å². The van der Waals surface area contributed by atoms with Crippen LogP contribution in [0.2, 0.25) is 0 Å². The van der Waals surface area contributed by atoms with Gasteiger partial charge in [0, 0.05) is 24.6 Å². The molecule has 6 heteroatoms. The van der Waals surface area contributed by atoms with Crippen molar-refractivity contribution < 1.29 is 9.18 Å². The lowest BCUT2D eigenvalue weighted by Gasteiger charge is -2.25. The number of nitrogens with one attached hydrogen (secondary N) is 1. The van der Waals surface area contributed by atoms with Crippen molar-refractivity contribution in [3.63, 3.8) is 0 Å². The van der Waals surface area contributed by atoms with Crippen LogP contribution in [0.3, 0.4) is 0 Å². The van der Waals surface area contributed by atoms with Gasteiger partial charge in [0.1, 0.15) is 11.6 Å². The highest BCUT2D eigenvalue weighted by Gasteiger charge is 2.41. The van der Waals surface area contributed by atoms with Crippen molar-refractivity contribution in [2.75, 3.05) is 13.1 Å². The molecular formula is C18H18FN3O2. The van der Waals surface area contributed by atoms with Gasteiger partial charge in [0.05, 0.1) is 11.3 Å². The largest absolute Gasteiger partial charge is 0.338 e. The summed E-state index contributed by atoms with van der Waals surface area (Å²) in [7, 11) is 0. The quantitative estimate of drug-likeness (QED) is 0.871. The summed E-state index contributed by atoms with van der Waals surface area (Å²) in [6.07, 6.45) is 1.54. The third-order valence-corrected chi connectivity index (χ3v) is 5.11. The van der Waals surface area contributed by atoms with Crippen molar-refractivity contribution in [2.45, 2.75) is 25.7 Å². The minimum absolute atomic E-state index is 0.0606. The number of aryl methyl sites for hydroxylation is 1. The van der Waals surface area contributed by atoms with Crippen molar-refractivity contribution >= 4 is 5.91 Å². The lowest BCUT2D eigenvalue weighted by Crippen LogP contribution is -2.29. The maximum absolute atomic E-state index is 13.9. The van der Waals surface area contributed by atoms with Crippen molar-refractivity contribution in [3.05, 3.63) is 63.1 Å². The van der Waals surface area contributed by atoms with Gasteiger partial charge in [-0.15, -0.1) is 0 Å². The normalized spacial score (nSPS) is 22.2. The molecule has 2 heterocycles. The molecule has 1 aromatic heterocycles. The topological polar surface area (TPSA) is 66.1 Å². The van der Waals surface area contributed by atoms with Crippen LogP contribution in [-0.4, -0.2) is 33.9 Å². The highest BCUT2D eigenvalue weighted by atomic mass is 19.1. The fraction of sp³-hybridized carbons (Fsp3) is 0.389. The van der Waals surface area contributed by atoms with E-state index in [9.17, 15) is 14.0 Å². The number of rotatable bonds is 1. The average molecular weight is 327 g/mol. The molecule has 124 valence electrons. The summed E-state index contributed by atoms with van der Waals surface area (Å²) >= 11 is 0. The standard InChI is InChI=1S/C18H18FN3O2/c1-10-20-16-13(17(23)21-10)7-6-11-8-22(9-14(11)16)18(24)12-4-2-3-5-15(12)19/h2-5,11,14H,6-9H2,1H3,(H,20,21,23)/t11-,14+/m1/s1. The molecule has 1 aliphatic heterocycles. The Hall–Kier alpha value is -2.50. The second-order valence-electron chi connectivity index (χ2n) is 6.61. The van der Waals surface area contributed by atoms with E-state index in [2.05, 4.69) is 9.97 Å². The van der Waals surface area contributed by atoms with E-state index in [0.717, 1.165) is 17.7 Å². The molecule has 5 nitrogen and oxygen atoms in total. The Kier molecular flexibility index (Phi) is 3.48. The lowest BCUT2D eigenvalue weighted by atomic mass is 9.80. The van der Waals surface area contributed by atoms with Gasteiger partial charge in [-0.2, -0.15) is 0 Å². The molecule has 0 spiro atoms. The summed E-state index contributed by atoms with van der Waals surface area (Å²) in [5.74, 6) is 0.152. The van der Waals surface area contributed by atoms with Gasteiger partial charge in [-0.1, -0.05) is 12.1 Å². The molecule has 1 fully saturated rings. The summed E-state index contributed by atoms with van der Waals surface area (Å²) in [4.78, 5) is 33.8. The van der Waals surface area contributed by atoms with Crippen LogP contribution in [0.1, 0.15) is 39.8 Å². The van der Waals surface area contributed by atoms with Crippen molar-refractivity contribution in [3.8, 4) is 0 Å². The molecule has 2 aliphatic rings. The van der Waals surface area contributed by atoms with Gasteiger partial charge >= 0.3 is 0 Å². The van der Waals surface area contributed by atoms with Crippen molar-refractivity contribution in [2.24, 2.45) is 5.92 Å². The van der Waals surface area contributed by atoms with Gasteiger partial charge in [-0.3, -0.25) is 9.59 Å². The Labute approximate surface area is 138 Å². The highest BCUT2D eigenvalue weighted by molar-refractivity contribution is 5.94. The van der Waals surface area contributed by atoms with Crippen LogP contribution in [0.25, 0.3) is 0 Å². The number of carbonyl (C=O) groups is 1. The zero-order valence-corrected chi connectivity index (χ0v) is 13.4. The average Bonchev–Trinajstić information content (AvgIpc) is 2.99. The Morgan fingerprint density at radius 2 is 2.12 bits per heavy atom. The number of fused-ring (bicyclic) bond motifs is 3. The van der Waals surface area contributed by atoms with E-state index in [0.29, 0.717) is 25.3 Å². The molecule has 1 aliphatic carbocycles. The minimum atomic E-state index is -0.497. The molecule has 0 bridgehead atoms. The SMILES string of the molecule is Cc1nc2c(c(=O)[nH]1)CC[C@@H]1CN(C(=O)c3ccccc3F)C[C@H]21. The van der Waals surface area contributed by atoms with Crippen molar-refractivity contribution in [1.29, 1.82) is 0 Å². The van der Waals surface area contributed by atoms with E-state index < -0.39 is 5.82 Å². The summed E-state index contributed by atoms with van der Waals surface area (Å²) in [6, 6.07) is 6.06. The molecule has 1 saturated heterocycles. The maximum Gasteiger partial charge on any atom is 0.256 e. The smallest absolute Gasteiger partial charge is 0.256 e. The second-order valence-corrected chi connectivity index (χ2v) is 6.61. The number of aromatic amines is 1. The minimum Gasteiger partial charge on any atom is -0.338 e. The molecule has 0 unspecified atom stereocenters. The number of carbonyl (C=O) groups excluding carboxylic acids is 1. The van der Waals surface area contributed by atoms with Gasteiger partial charge in [-0.25, -0.2) is 9.37 Å². The fourth-order valence-corrected chi connectivity index (χ4v) is 3.95. The predicted molar refractivity (Wildman–Crippen MR) is 86.5 cm³/mol. The number of H-pyrrole nitrogens is 1. The van der Waals surface area contributed by atoms with E-state index in [1.54, 1.807) is 24.0 Å². The second kappa shape index (κ2) is 5.54. The molecule has 0 saturated carbocycles. The number of hydrogen-bond donors (Lipinski definition) is 1. The summed E-state index contributed by atoms with van der Waals surface area (Å²) in [5, 5.41) is 0. The van der Waals surface area contributed by atoms with E-state index in [-0.39, 0.29) is 28.9 Å². The number of amides is 1. The van der Waals surface area contributed by atoms with Crippen LogP contribution in [0.4, 0.5) is 4.39 Å². The zero-order chi connectivity index (χ0) is 16.8. The first-order valence-corrected chi connectivity index (χ1v) is 8.18. The summed E-state index contributed by atoms with van der Waals surface area (Å²) < 4.78 is 13.9. The Morgan fingerprint density at radius 1 is 1.33 bits per heavy atom. The first-order valence-electron chi connectivity index (χ1n) is 8.18. The maximum atomic E-state index is 13.9. The molecule has 1 N–H and O–H groups in total. The summed E-state index contributed by atoms with van der Waals surface area (Å²) in [5.41, 5.74) is 1.58. The number of aromatic nitrogens is 2. The highest BCUT2D eigenvalue weighted by Crippen LogP contribution is 2.39. The monoisotopic (exact) mass is 327 g/mol. The molecule has 1 aromatic carbocycles. The third-order valence-electron chi connectivity index (χ3n) is 5.11. The van der Waals surface area contributed by atoms with Crippen LogP contribution in [0.5, 0.6) is 0 Å². The molecule has 2 atom stereocenters. The van der Waals surface area contributed by atoms with Crippen LogP contribution in [0, 0.1) is 18.7 Å². The van der Waals surface area contributed by atoms with E-state index in [4.69, 9.17) is 0 Å². The molecular weight excluding hydrogens is 309 g/mol. The first kappa shape index (κ1) is 15.1. The fourth-order valence-electron chi connectivity index (χ4n) is 3.95. The number of benzene rings is 1. The number of halogens is 1. The number of hydrogen-bond acceptors (Lipinski definition) is 3. The van der Waals surface area contributed by atoms with Gasteiger partial charge < -0.3 is 9.88 Å². The molecule has 24 heavy (non-hydrogen) atoms. The van der Waals surface area contributed by atoms with Gasteiger partial charge in [-0.05, 0) is 37.8 Å². The van der Waals surface area contributed by atoms with Crippen LogP contribution in [0.15, 0.2) is 29.1 Å². The summed E-state index contributed by atoms with van der Waals surface area (Å²) in [6.45, 7) is 2.84. The molecule has 4 rings (SSSR count). The molecule has 0 radical (unpaired) electrons.